The van der Waals surface area contributed by atoms with Crippen molar-refractivity contribution < 1.29 is 4.74 Å². The monoisotopic (exact) mass is 291 g/mol. The second kappa shape index (κ2) is 6.24. The van der Waals surface area contributed by atoms with E-state index < -0.39 is 0 Å². The van der Waals surface area contributed by atoms with Gasteiger partial charge in [0.2, 0.25) is 0 Å². The van der Waals surface area contributed by atoms with E-state index in [4.69, 9.17) is 10.5 Å². The minimum atomic E-state index is -0.0776. The lowest BCUT2D eigenvalue weighted by Crippen LogP contribution is -2.20. The van der Waals surface area contributed by atoms with Gasteiger partial charge in [-0.3, -0.25) is 0 Å². The molecule has 1 heterocycles. The lowest BCUT2D eigenvalue weighted by Gasteiger charge is -2.25. The van der Waals surface area contributed by atoms with Crippen LogP contribution in [0.3, 0.4) is 0 Å². The quantitative estimate of drug-likeness (QED) is 0.919. The van der Waals surface area contributed by atoms with E-state index in [1.165, 1.54) is 4.88 Å². The molecule has 0 aliphatic rings. The number of aryl methyl sites for hydroxylation is 1. The van der Waals surface area contributed by atoms with Gasteiger partial charge >= 0.3 is 0 Å². The lowest BCUT2D eigenvalue weighted by molar-refractivity contribution is 0.407. The first-order chi connectivity index (χ1) is 9.54. The van der Waals surface area contributed by atoms with Crippen LogP contribution >= 0.6 is 11.3 Å². The molecule has 2 rings (SSSR count). The van der Waals surface area contributed by atoms with Gasteiger partial charge in [-0.2, -0.15) is 0 Å². The zero-order chi connectivity index (χ0) is 14.7. The van der Waals surface area contributed by atoms with E-state index in [2.05, 4.69) is 23.0 Å². The van der Waals surface area contributed by atoms with Crippen LogP contribution in [0.2, 0.25) is 0 Å². The molecule has 0 aliphatic carbocycles. The van der Waals surface area contributed by atoms with Gasteiger partial charge in [-0.25, -0.2) is 4.98 Å². The van der Waals surface area contributed by atoms with Crippen molar-refractivity contribution in [1.82, 2.24) is 4.98 Å². The van der Waals surface area contributed by atoms with E-state index in [1.54, 1.807) is 18.4 Å². The summed E-state index contributed by atoms with van der Waals surface area (Å²) in [6.07, 6.45) is 0. The molecular weight excluding hydrogens is 270 g/mol. The van der Waals surface area contributed by atoms with Gasteiger partial charge in [-0.1, -0.05) is 6.07 Å². The van der Waals surface area contributed by atoms with Crippen LogP contribution in [0.25, 0.3) is 0 Å². The van der Waals surface area contributed by atoms with Crippen molar-refractivity contribution >= 4 is 17.0 Å². The molecule has 0 aliphatic heterocycles. The van der Waals surface area contributed by atoms with Gasteiger partial charge in [0, 0.05) is 29.2 Å². The zero-order valence-electron chi connectivity index (χ0n) is 12.4. The molecule has 2 N–H and O–H groups in total. The third kappa shape index (κ3) is 2.94. The van der Waals surface area contributed by atoms with Crippen molar-refractivity contribution in [2.24, 2.45) is 5.73 Å². The number of hydrogen-bond acceptors (Lipinski definition) is 5. The molecule has 2 aromatic rings. The van der Waals surface area contributed by atoms with Crippen LogP contribution in [0.15, 0.2) is 23.7 Å². The largest absolute Gasteiger partial charge is 0.496 e. The van der Waals surface area contributed by atoms with Crippen molar-refractivity contribution in [3.63, 3.8) is 0 Å². The highest BCUT2D eigenvalue weighted by atomic mass is 32.1. The number of ether oxygens (including phenoxy) is 1. The molecule has 1 atom stereocenters. The first kappa shape index (κ1) is 14.8. The molecule has 20 heavy (non-hydrogen) atoms. The molecule has 5 heteroatoms. The molecule has 1 aromatic carbocycles. The Morgan fingerprint density at radius 2 is 2.20 bits per heavy atom. The summed E-state index contributed by atoms with van der Waals surface area (Å²) in [5.74, 6) is 0.838. The number of benzene rings is 1. The zero-order valence-corrected chi connectivity index (χ0v) is 13.2. The van der Waals surface area contributed by atoms with E-state index in [-0.39, 0.29) is 6.04 Å². The van der Waals surface area contributed by atoms with Crippen molar-refractivity contribution in [2.75, 3.05) is 19.1 Å². The maximum atomic E-state index is 6.12. The Balaban J connectivity index is 2.34. The molecule has 0 spiro atoms. The van der Waals surface area contributed by atoms with Gasteiger partial charge in [0.25, 0.3) is 0 Å². The van der Waals surface area contributed by atoms with Gasteiger partial charge < -0.3 is 15.4 Å². The van der Waals surface area contributed by atoms with Gasteiger partial charge in [0.1, 0.15) is 5.75 Å². The van der Waals surface area contributed by atoms with E-state index in [0.717, 1.165) is 29.2 Å². The van der Waals surface area contributed by atoms with Crippen molar-refractivity contribution in [1.29, 1.82) is 0 Å². The maximum Gasteiger partial charge on any atom is 0.125 e. The topological polar surface area (TPSA) is 51.4 Å². The second-order valence-corrected chi connectivity index (χ2v) is 5.84. The van der Waals surface area contributed by atoms with Crippen LogP contribution < -0.4 is 15.4 Å². The SMILES string of the molecule is COc1cccc(N(C)Cc2scnc2C)c1[C@@H](C)N. The third-order valence-electron chi connectivity index (χ3n) is 3.36. The predicted octanol–water partition coefficient (Wildman–Crippen LogP) is 3.12. The Morgan fingerprint density at radius 1 is 1.45 bits per heavy atom. The smallest absolute Gasteiger partial charge is 0.125 e. The highest BCUT2D eigenvalue weighted by Gasteiger charge is 2.17. The van der Waals surface area contributed by atoms with Crippen LogP contribution in [0.1, 0.15) is 29.1 Å². The van der Waals surface area contributed by atoms with E-state index >= 15 is 0 Å². The number of anilines is 1. The van der Waals surface area contributed by atoms with Crippen LogP contribution in [-0.2, 0) is 6.54 Å². The van der Waals surface area contributed by atoms with Crippen LogP contribution in [0.4, 0.5) is 5.69 Å². The van der Waals surface area contributed by atoms with E-state index in [1.807, 2.05) is 31.5 Å². The normalized spacial score (nSPS) is 12.2. The van der Waals surface area contributed by atoms with E-state index in [0.29, 0.717) is 0 Å². The molecule has 0 bridgehead atoms. The highest BCUT2D eigenvalue weighted by molar-refractivity contribution is 7.09. The predicted molar refractivity (Wildman–Crippen MR) is 84.6 cm³/mol. The fraction of sp³-hybridized carbons (Fsp3) is 0.400. The number of rotatable bonds is 5. The average molecular weight is 291 g/mol. The van der Waals surface area contributed by atoms with E-state index in [9.17, 15) is 0 Å². The van der Waals surface area contributed by atoms with Crippen LogP contribution in [0.5, 0.6) is 5.75 Å². The first-order valence-electron chi connectivity index (χ1n) is 6.57. The van der Waals surface area contributed by atoms with Crippen molar-refractivity contribution in [2.45, 2.75) is 26.4 Å². The molecule has 108 valence electrons. The van der Waals surface area contributed by atoms with Crippen LogP contribution in [0, 0.1) is 6.92 Å². The molecule has 0 amide bonds. The third-order valence-corrected chi connectivity index (χ3v) is 4.28. The number of nitrogens with two attached hydrogens (primary N) is 1. The van der Waals surface area contributed by atoms with Gasteiger partial charge in [0.05, 0.1) is 24.9 Å². The summed E-state index contributed by atoms with van der Waals surface area (Å²) in [7, 11) is 3.75. The molecule has 0 saturated carbocycles. The number of hydrogen-bond donors (Lipinski definition) is 1. The minimum Gasteiger partial charge on any atom is -0.496 e. The Hall–Kier alpha value is -1.59. The molecule has 0 unspecified atom stereocenters. The highest BCUT2D eigenvalue weighted by Crippen LogP contribution is 2.34. The Labute approximate surface area is 124 Å². The number of aromatic nitrogens is 1. The molecule has 0 saturated heterocycles. The fourth-order valence-electron chi connectivity index (χ4n) is 2.28. The maximum absolute atomic E-state index is 6.12. The summed E-state index contributed by atoms with van der Waals surface area (Å²) in [6.45, 7) is 4.84. The number of thiazole rings is 1. The second-order valence-electron chi connectivity index (χ2n) is 4.90. The molecule has 4 nitrogen and oxygen atoms in total. The van der Waals surface area contributed by atoms with Crippen molar-refractivity contribution in [3.8, 4) is 5.75 Å². The summed E-state index contributed by atoms with van der Waals surface area (Å²) >= 11 is 1.68. The summed E-state index contributed by atoms with van der Waals surface area (Å²) < 4.78 is 5.44. The molecule has 0 fully saturated rings. The Bertz CT molecular complexity index is 580. The average Bonchev–Trinajstić information content (AvgIpc) is 2.83. The Morgan fingerprint density at radius 3 is 2.75 bits per heavy atom. The molecule has 0 radical (unpaired) electrons. The van der Waals surface area contributed by atoms with Crippen molar-refractivity contribution in [3.05, 3.63) is 39.8 Å². The summed E-state index contributed by atoms with van der Waals surface area (Å²) in [6, 6.07) is 5.95. The number of methoxy groups -OCH3 is 1. The van der Waals surface area contributed by atoms with Crippen LogP contribution in [-0.4, -0.2) is 19.1 Å². The lowest BCUT2D eigenvalue weighted by atomic mass is 10.0. The molecular formula is C15H21N3OS. The number of nitrogens with zero attached hydrogens (tertiary/aromatic N) is 2. The van der Waals surface area contributed by atoms with Gasteiger partial charge in [-0.15, -0.1) is 11.3 Å². The fourth-order valence-corrected chi connectivity index (χ4v) is 3.11. The summed E-state index contributed by atoms with van der Waals surface area (Å²) in [4.78, 5) is 7.76. The first-order valence-corrected chi connectivity index (χ1v) is 7.45. The molecule has 1 aromatic heterocycles. The summed E-state index contributed by atoms with van der Waals surface area (Å²) in [5.41, 5.74) is 11.2. The summed E-state index contributed by atoms with van der Waals surface area (Å²) in [5, 5.41) is 0. The van der Waals surface area contributed by atoms with Gasteiger partial charge in [0.15, 0.2) is 0 Å². The minimum absolute atomic E-state index is 0.0776. The Kier molecular flexibility index (Phi) is 4.62. The standard InChI is InChI=1S/C15H21N3OS/c1-10(16)15-12(6-5-7-13(15)19-4)18(3)8-14-11(2)17-9-20-14/h5-7,9-10H,8,16H2,1-4H3/t10-/m1/s1. The van der Waals surface area contributed by atoms with Gasteiger partial charge in [-0.05, 0) is 26.0 Å².